The molecule has 2 amide bonds. The molecule has 0 bridgehead atoms. The van der Waals surface area contributed by atoms with Crippen LogP contribution in [-0.4, -0.2) is 61.0 Å². The largest absolute Gasteiger partial charge is 0.381 e. The second kappa shape index (κ2) is 7.46. The van der Waals surface area contributed by atoms with Crippen LogP contribution in [0.2, 0.25) is 0 Å². The summed E-state index contributed by atoms with van der Waals surface area (Å²) in [4.78, 5) is 30.1. The van der Waals surface area contributed by atoms with E-state index < -0.39 is 0 Å². The standard InChI is InChI=1S/C19H28N2O3S/c1-4-20-13-19(15(17(20)22)11-24-5-2)6-8-21(9-7-19)18(23)16-10-14(3)12-25-16/h10,12,15H,4-9,11,13H2,1-3H3. The number of hydrogen-bond acceptors (Lipinski definition) is 4. The molecule has 1 aromatic rings. The number of amides is 2. The van der Waals surface area contributed by atoms with E-state index in [1.54, 1.807) is 0 Å². The molecule has 25 heavy (non-hydrogen) atoms. The fourth-order valence-electron chi connectivity index (χ4n) is 4.16. The van der Waals surface area contributed by atoms with Crippen LogP contribution in [0.1, 0.15) is 41.9 Å². The minimum atomic E-state index is -0.0614. The lowest BCUT2D eigenvalue weighted by Gasteiger charge is -2.41. The van der Waals surface area contributed by atoms with Gasteiger partial charge in [-0.25, -0.2) is 0 Å². The summed E-state index contributed by atoms with van der Waals surface area (Å²) in [5, 5.41) is 2.02. The van der Waals surface area contributed by atoms with Crippen molar-refractivity contribution >= 4 is 23.2 Å². The molecule has 2 aliphatic heterocycles. The Labute approximate surface area is 153 Å². The highest BCUT2D eigenvalue weighted by molar-refractivity contribution is 7.12. The van der Waals surface area contributed by atoms with Crippen LogP contribution in [0, 0.1) is 18.3 Å². The molecule has 2 fully saturated rings. The van der Waals surface area contributed by atoms with Crippen LogP contribution in [0.4, 0.5) is 0 Å². The van der Waals surface area contributed by atoms with Crippen LogP contribution in [-0.2, 0) is 9.53 Å². The van der Waals surface area contributed by atoms with Gasteiger partial charge in [-0.05, 0) is 50.6 Å². The van der Waals surface area contributed by atoms with Gasteiger partial charge in [-0.15, -0.1) is 11.3 Å². The summed E-state index contributed by atoms with van der Waals surface area (Å²) in [5.74, 6) is 0.296. The van der Waals surface area contributed by atoms with E-state index in [0.717, 1.165) is 49.5 Å². The van der Waals surface area contributed by atoms with Crippen molar-refractivity contribution in [3.8, 4) is 0 Å². The van der Waals surface area contributed by atoms with Gasteiger partial charge in [-0.2, -0.15) is 0 Å². The molecule has 2 aliphatic rings. The van der Waals surface area contributed by atoms with Crippen LogP contribution >= 0.6 is 11.3 Å². The zero-order valence-corrected chi connectivity index (χ0v) is 16.2. The Morgan fingerprint density at radius 1 is 1.36 bits per heavy atom. The summed E-state index contributed by atoms with van der Waals surface area (Å²) in [6, 6.07) is 1.97. The van der Waals surface area contributed by atoms with Gasteiger partial charge < -0.3 is 14.5 Å². The topological polar surface area (TPSA) is 49.9 Å². The molecular formula is C19H28N2O3S. The number of piperidine rings is 1. The lowest BCUT2D eigenvalue weighted by Crippen LogP contribution is -2.47. The van der Waals surface area contributed by atoms with Crippen molar-refractivity contribution < 1.29 is 14.3 Å². The molecule has 5 nitrogen and oxygen atoms in total. The van der Waals surface area contributed by atoms with Gasteiger partial charge in [0.1, 0.15) is 0 Å². The minimum Gasteiger partial charge on any atom is -0.381 e. The summed E-state index contributed by atoms with van der Waals surface area (Å²) in [7, 11) is 0. The van der Waals surface area contributed by atoms with Crippen LogP contribution < -0.4 is 0 Å². The molecule has 138 valence electrons. The van der Waals surface area contributed by atoms with Gasteiger partial charge in [0.05, 0.1) is 17.4 Å². The Morgan fingerprint density at radius 2 is 2.08 bits per heavy atom. The van der Waals surface area contributed by atoms with Gasteiger partial charge in [0.15, 0.2) is 0 Å². The fourth-order valence-corrected chi connectivity index (χ4v) is 5.03. The highest BCUT2D eigenvalue weighted by atomic mass is 32.1. The molecule has 1 spiro atoms. The van der Waals surface area contributed by atoms with E-state index in [1.165, 1.54) is 11.3 Å². The molecule has 0 aromatic carbocycles. The van der Waals surface area contributed by atoms with Crippen LogP contribution in [0.3, 0.4) is 0 Å². The second-order valence-electron chi connectivity index (χ2n) is 7.21. The smallest absolute Gasteiger partial charge is 0.263 e. The molecule has 1 atom stereocenters. The normalized spacial score (nSPS) is 22.8. The fraction of sp³-hybridized carbons (Fsp3) is 0.684. The van der Waals surface area contributed by atoms with E-state index in [1.807, 2.05) is 42.0 Å². The summed E-state index contributed by atoms with van der Waals surface area (Å²) < 4.78 is 5.63. The molecule has 0 radical (unpaired) electrons. The van der Waals surface area contributed by atoms with Gasteiger partial charge >= 0.3 is 0 Å². The van der Waals surface area contributed by atoms with E-state index in [-0.39, 0.29) is 23.1 Å². The first-order valence-electron chi connectivity index (χ1n) is 9.21. The van der Waals surface area contributed by atoms with Crippen molar-refractivity contribution in [1.29, 1.82) is 0 Å². The second-order valence-corrected chi connectivity index (χ2v) is 8.12. The minimum absolute atomic E-state index is 0.0373. The Morgan fingerprint density at radius 3 is 2.64 bits per heavy atom. The Bertz CT molecular complexity index is 634. The molecule has 0 aliphatic carbocycles. The Kier molecular flexibility index (Phi) is 5.49. The summed E-state index contributed by atoms with van der Waals surface area (Å²) >= 11 is 1.52. The lowest BCUT2D eigenvalue weighted by molar-refractivity contribution is -0.133. The zero-order valence-electron chi connectivity index (χ0n) is 15.4. The van der Waals surface area contributed by atoms with Crippen molar-refractivity contribution in [2.45, 2.75) is 33.6 Å². The quantitative estimate of drug-likeness (QED) is 0.807. The predicted octanol–water partition coefficient (Wildman–Crippen LogP) is 2.79. The zero-order chi connectivity index (χ0) is 18.0. The number of rotatable bonds is 5. The van der Waals surface area contributed by atoms with Crippen molar-refractivity contribution in [1.82, 2.24) is 9.80 Å². The average Bonchev–Trinajstić information content (AvgIpc) is 3.16. The maximum absolute atomic E-state index is 12.7. The van der Waals surface area contributed by atoms with Gasteiger partial charge in [-0.1, -0.05) is 0 Å². The van der Waals surface area contributed by atoms with Crippen LogP contribution in [0.15, 0.2) is 11.4 Å². The third-order valence-corrected chi connectivity index (χ3v) is 6.75. The van der Waals surface area contributed by atoms with Crippen LogP contribution in [0.25, 0.3) is 0 Å². The number of aryl methyl sites for hydroxylation is 1. The molecule has 2 saturated heterocycles. The number of hydrogen-bond donors (Lipinski definition) is 0. The average molecular weight is 365 g/mol. The van der Waals surface area contributed by atoms with E-state index in [9.17, 15) is 9.59 Å². The monoisotopic (exact) mass is 364 g/mol. The van der Waals surface area contributed by atoms with Gasteiger partial charge in [0, 0.05) is 38.2 Å². The van der Waals surface area contributed by atoms with Gasteiger partial charge in [0.25, 0.3) is 5.91 Å². The van der Waals surface area contributed by atoms with E-state index in [0.29, 0.717) is 13.2 Å². The number of likely N-dealkylation sites (tertiary alicyclic amines) is 2. The molecule has 3 heterocycles. The third-order valence-electron chi connectivity index (χ3n) is 5.71. The van der Waals surface area contributed by atoms with E-state index in [2.05, 4.69) is 0 Å². The molecule has 6 heteroatoms. The highest BCUT2D eigenvalue weighted by Crippen LogP contribution is 2.45. The maximum Gasteiger partial charge on any atom is 0.263 e. The number of thiophene rings is 1. The molecule has 1 aromatic heterocycles. The number of nitrogens with zero attached hydrogens (tertiary/aromatic N) is 2. The first-order chi connectivity index (χ1) is 12.0. The lowest BCUT2D eigenvalue weighted by atomic mass is 9.71. The van der Waals surface area contributed by atoms with Gasteiger partial charge in [-0.3, -0.25) is 9.59 Å². The molecule has 0 saturated carbocycles. The number of ether oxygens (including phenoxy) is 1. The van der Waals surface area contributed by atoms with Crippen molar-refractivity contribution in [3.05, 3.63) is 21.9 Å². The van der Waals surface area contributed by atoms with E-state index >= 15 is 0 Å². The molecule has 0 N–H and O–H groups in total. The molecular weight excluding hydrogens is 336 g/mol. The SMILES string of the molecule is CCOCC1C(=O)N(CC)CC12CCN(C(=O)c1cc(C)cs1)CC2. The van der Waals surface area contributed by atoms with Crippen molar-refractivity contribution in [2.75, 3.05) is 39.4 Å². The molecule has 1 unspecified atom stereocenters. The summed E-state index contributed by atoms with van der Waals surface area (Å²) in [6.07, 6.45) is 1.76. The van der Waals surface area contributed by atoms with Crippen LogP contribution in [0.5, 0.6) is 0 Å². The first-order valence-corrected chi connectivity index (χ1v) is 10.1. The predicted molar refractivity (Wildman–Crippen MR) is 98.9 cm³/mol. The first kappa shape index (κ1) is 18.4. The Balaban J connectivity index is 1.70. The molecule has 3 rings (SSSR count). The number of carbonyl (C=O) groups is 2. The maximum atomic E-state index is 12.7. The third kappa shape index (κ3) is 3.47. The Hall–Kier alpha value is -1.40. The van der Waals surface area contributed by atoms with E-state index in [4.69, 9.17) is 4.74 Å². The van der Waals surface area contributed by atoms with Gasteiger partial charge in [0.2, 0.25) is 5.91 Å². The summed E-state index contributed by atoms with van der Waals surface area (Å²) in [6.45, 7) is 10.2. The number of carbonyl (C=O) groups excluding carboxylic acids is 2. The summed E-state index contributed by atoms with van der Waals surface area (Å²) in [5.41, 5.74) is 1.10. The van der Waals surface area contributed by atoms with Crippen molar-refractivity contribution in [3.63, 3.8) is 0 Å². The highest BCUT2D eigenvalue weighted by Gasteiger charge is 2.52. The van der Waals surface area contributed by atoms with Crippen molar-refractivity contribution in [2.24, 2.45) is 11.3 Å².